The van der Waals surface area contributed by atoms with Crippen LogP contribution in [0.4, 0.5) is 4.39 Å². The SMILES string of the molecule is C#CCCCCCC(C(=O)O)c1ccccc1F. The van der Waals surface area contributed by atoms with Crippen molar-refractivity contribution in [2.24, 2.45) is 0 Å². The van der Waals surface area contributed by atoms with Gasteiger partial charge in [0.25, 0.3) is 0 Å². The van der Waals surface area contributed by atoms with E-state index in [9.17, 15) is 9.18 Å². The predicted octanol–water partition coefficient (Wildman–Crippen LogP) is 3.58. The number of hydrogen-bond acceptors (Lipinski definition) is 1. The molecule has 1 aromatic carbocycles. The molecule has 18 heavy (non-hydrogen) atoms. The summed E-state index contributed by atoms with van der Waals surface area (Å²) in [5.41, 5.74) is 0.266. The minimum absolute atomic E-state index is 0.266. The summed E-state index contributed by atoms with van der Waals surface area (Å²) < 4.78 is 13.5. The zero-order chi connectivity index (χ0) is 13.4. The highest BCUT2D eigenvalue weighted by molar-refractivity contribution is 5.76. The quantitative estimate of drug-likeness (QED) is 0.591. The van der Waals surface area contributed by atoms with Crippen LogP contribution in [-0.2, 0) is 4.79 Å². The summed E-state index contributed by atoms with van der Waals surface area (Å²) >= 11 is 0. The maximum absolute atomic E-state index is 13.5. The Labute approximate surface area is 107 Å². The van der Waals surface area contributed by atoms with Crippen LogP contribution >= 0.6 is 0 Å². The number of aliphatic carboxylic acids is 1. The molecule has 0 heterocycles. The first-order valence-corrected chi connectivity index (χ1v) is 6.07. The van der Waals surface area contributed by atoms with E-state index in [4.69, 9.17) is 11.5 Å². The molecule has 0 aromatic heterocycles. The molecule has 0 aliphatic carbocycles. The molecule has 0 spiro atoms. The minimum atomic E-state index is -0.975. The van der Waals surface area contributed by atoms with E-state index in [2.05, 4.69) is 5.92 Å². The van der Waals surface area contributed by atoms with Crippen molar-refractivity contribution >= 4 is 5.97 Å². The lowest BCUT2D eigenvalue weighted by Gasteiger charge is -2.13. The van der Waals surface area contributed by atoms with Crippen molar-refractivity contribution < 1.29 is 14.3 Å². The Morgan fingerprint density at radius 3 is 2.67 bits per heavy atom. The number of halogens is 1. The van der Waals surface area contributed by atoms with Gasteiger partial charge in [-0.1, -0.05) is 31.0 Å². The third-order valence-electron chi connectivity index (χ3n) is 2.89. The monoisotopic (exact) mass is 248 g/mol. The van der Waals surface area contributed by atoms with Gasteiger partial charge in [-0.05, 0) is 18.9 Å². The molecule has 3 heteroatoms. The van der Waals surface area contributed by atoms with Crippen molar-refractivity contribution in [1.82, 2.24) is 0 Å². The van der Waals surface area contributed by atoms with Crippen molar-refractivity contribution in [2.45, 2.75) is 38.0 Å². The average Bonchev–Trinajstić information content (AvgIpc) is 2.35. The van der Waals surface area contributed by atoms with Crippen LogP contribution in [0.15, 0.2) is 24.3 Å². The standard InChI is InChI=1S/C15H17FO2/c1-2-3-4-5-6-10-13(15(17)18)12-9-7-8-11-14(12)16/h1,7-9,11,13H,3-6,10H2,(H,17,18). The average molecular weight is 248 g/mol. The van der Waals surface area contributed by atoms with Crippen LogP contribution in [0, 0.1) is 18.2 Å². The lowest BCUT2D eigenvalue weighted by atomic mass is 9.92. The zero-order valence-corrected chi connectivity index (χ0v) is 10.2. The third kappa shape index (κ3) is 4.21. The van der Waals surface area contributed by atoms with Crippen LogP contribution in [0.2, 0.25) is 0 Å². The fraction of sp³-hybridized carbons (Fsp3) is 0.400. The highest BCUT2D eigenvalue weighted by Crippen LogP contribution is 2.25. The van der Waals surface area contributed by atoms with Crippen molar-refractivity contribution in [3.63, 3.8) is 0 Å². The van der Waals surface area contributed by atoms with Gasteiger partial charge >= 0.3 is 5.97 Å². The maximum Gasteiger partial charge on any atom is 0.311 e. The van der Waals surface area contributed by atoms with Crippen molar-refractivity contribution in [1.29, 1.82) is 0 Å². The van der Waals surface area contributed by atoms with Crippen LogP contribution < -0.4 is 0 Å². The summed E-state index contributed by atoms with van der Waals surface area (Å²) in [7, 11) is 0. The molecule has 2 nitrogen and oxygen atoms in total. The molecular weight excluding hydrogens is 231 g/mol. The van der Waals surface area contributed by atoms with Crippen LogP contribution in [0.5, 0.6) is 0 Å². The molecule has 0 aliphatic rings. The fourth-order valence-electron chi connectivity index (χ4n) is 1.92. The lowest BCUT2D eigenvalue weighted by Crippen LogP contribution is -2.13. The van der Waals surface area contributed by atoms with E-state index in [1.54, 1.807) is 12.1 Å². The second-order valence-corrected chi connectivity index (χ2v) is 4.22. The van der Waals surface area contributed by atoms with Gasteiger partial charge < -0.3 is 5.11 Å². The van der Waals surface area contributed by atoms with E-state index >= 15 is 0 Å². The highest BCUT2D eigenvalue weighted by Gasteiger charge is 2.22. The fourth-order valence-corrected chi connectivity index (χ4v) is 1.92. The summed E-state index contributed by atoms with van der Waals surface area (Å²) in [5.74, 6) is 0.351. The molecule has 1 aromatic rings. The van der Waals surface area contributed by atoms with Crippen molar-refractivity contribution in [2.75, 3.05) is 0 Å². The van der Waals surface area contributed by atoms with Crippen LogP contribution in [0.1, 0.15) is 43.6 Å². The molecule has 0 aliphatic heterocycles. The Balaban J connectivity index is 2.59. The van der Waals surface area contributed by atoms with Gasteiger partial charge in [0.1, 0.15) is 5.82 Å². The molecule has 1 rings (SSSR count). The zero-order valence-electron chi connectivity index (χ0n) is 10.2. The summed E-state index contributed by atoms with van der Waals surface area (Å²) in [6, 6.07) is 6.05. The third-order valence-corrected chi connectivity index (χ3v) is 2.89. The Morgan fingerprint density at radius 2 is 2.06 bits per heavy atom. The molecule has 0 saturated heterocycles. The number of carboxylic acids is 1. The van der Waals surface area contributed by atoms with E-state index in [0.29, 0.717) is 12.8 Å². The second-order valence-electron chi connectivity index (χ2n) is 4.22. The first-order chi connectivity index (χ1) is 8.66. The van der Waals surface area contributed by atoms with Gasteiger partial charge in [0.15, 0.2) is 0 Å². The Kier molecular flexibility index (Phi) is 5.93. The minimum Gasteiger partial charge on any atom is -0.481 e. The van der Waals surface area contributed by atoms with Crippen molar-refractivity contribution in [3.05, 3.63) is 35.6 Å². The smallest absolute Gasteiger partial charge is 0.311 e. The topological polar surface area (TPSA) is 37.3 Å². The van der Waals surface area contributed by atoms with Crippen LogP contribution in [0.25, 0.3) is 0 Å². The van der Waals surface area contributed by atoms with E-state index in [-0.39, 0.29) is 5.56 Å². The van der Waals surface area contributed by atoms with Gasteiger partial charge in [-0.25, -0.2) is 4.39 Å². The molecule has 1 unspecified atom stereocenters. The van der Waals surface area contributed by atoms with Gasteiger partial charge in [-0.2, -0.15) is 0 Å². The first kappa shape index (κ1) is 14.2. The van der Waals surface area contributed by atoms with E-state index in [1.807, 2.05) is 0 Å². The lowest BCUT2D eigenvalue weighted by molar-refractivity contribution is -0.139. The van der Waals surface area contributed by atoms with Crippen LogP contribution in [0.3, 0.4) is 0 Å². The molecule has 96 valence electrons. The molecular formula is C15H17FO2. The van der Waals surface area contributed by atoms with E-state index in [1.165, 1.54) is 12.1 Å². The summed E-state index contributed by atoms with van der Waals surface area (Å²) in [5, 5.41) is 9.15. The largest absolute Gasteiger partial charge is 0.481 e. The summed E-state index contributed by atoms with van der Waals surface area (Å²) in [4.78, 5) is 11.2. The number of benzene rings is 1. The molecule has 0 saturated carbocycles. The van der Waals surface area contributed by atoms with E-state index in [0.717, 1.165) is 19.3 Å². The molecule has 0 fully saturated rings. The first-order valence-electron chi connectivity index (χ1n) is 6.07. The van der Waals surface area contributed by atoms with Gasteiger partial charge in [0.05, 0.1) is 5.92 Å². The van der Waals surface area contributed by atoms with Gasteiger partial charge in [-0.3, -0.25) is 4.79 Å². The Bertz CT molecular complexity index is 434. The summed E-state index contributed by atoms with van der Waals surface area (Å²) in [6.45, 7) is 0. The molecule has 1 N–H and O–H groups in total. The number of unbranched alkanes of at least 4 members (excludes halogenated alkanes) is 3. The van der Waals surface area contributed by atoms with E-state index < -0.39 is 17.7 Å². The normalized spacial score (nSPS) is 11.8. The highest BCUT2D eigenvalue weighted by atomic mass is 19.1. The van der Waals surface area contributed by atoms with Gasteiger partial charge in [-0.15, -0.1) is 12.3 Å². The molecule has 1 atom stereocenters. The number of terminal acetylenes is 1. The molecule has 0 amide bonds. The Morgan fingerprint density at radius 1 is 1.33 bits per heavy atom. The van der Waals surface area contributed by atoms with Gasteiger partial charge in [0.2, 0.25) is 0 Å². The van der Waals surface area contributed by atoms with Gasteiger partial charge in [0, 0.05) is 12.0 Å². The number of hydrogen-bond donors (Lipinski definition) is 1. The number of carboxylic acid groups (broad SMARTS) is 1. The summed E-state index contributed by atoms with van der Waals surface area (Å²) in [6.07, 6.45) is 8.80. The molecule has 0 radical (unpaired) electrons. The number of rotatable bonds is 7. The molecule has 0 bridgehead atoms. The maximum atomic E-state index is 13.5. The van der Waals surface area contributed by atoms with Crippen molar-refractivity contribution in [3.8, 4) is 12.3 Å². The Hall–Kier alpha value is -1.82. The van der Waals surface area contributed by atoms with Crippen LogP contribution in [-0.4, -0.2) is 11.1 Å². The second kappa shape index (κ2) is 7.50. The number of carbonyl (C=O) groups is 1. The predicted molar refractivity (Wildman–Crippen MR) is 68.7 cm³/mol.